The van der Waals surface area contributed by atoms with Crippen molar-refractivity contribution in [1.29, 1.82) is 0 Å². The van der Waals surface area contributed by atoms with E-state index in [0.29, 0.717) is 6.10 Å². The van der Waals surface area contributed by atoms with Gasteiger partial charge in [0.1, 0.15) is 6.10 Å². The first-order valence-electron chi connectivity index (χ1n) is 5.44. The summed E-state index contributed by atoms with van der Waals surface area (Å²) in [6.07, 6.45) is 10.2. The predicted molar refractivity (Wildman–Crippen MR) is 58.3 cm³/mol. The minimum absolute atomic E-state index is 0.340. The third-order valence-corrected chi connectivity index (χ3v) is 2.47. The Hall–Kier alpha value is -1.29. The van der Waals surface area contributed by atoms with Crippen molar-refractivity contribution < 1.29 is 4.74 Å². The minimum Gasteiger partial charge on any atom is -0.497 e. The van der Waals surface area contributed by atoms with Crippen molar-refractivity contribution in [3.05, 3.63) is 30.8 Å². The van der Waals surface area contributed by atoms with Gasteiger partial charge in [-0.2, -0.15) is 5.10 Å². The molecule has 0 amide bonds. The SMILES string of the molecule is C1=COC(CNCCn2cccn2)CC1. The van der Waals surface area contributed by atoms with Crippen LogP contribution in [0.1, 0.15) is 12.8 Å². The Bertz CT molecular complexity index is 295. The van der Waals surface area contributed by atoms with Crippen LogP contribution in [0.15, 0.2) is 30.8 Å². The van der Waals surface area contributed by atoms with Gasteiger partial charge in [-0.15, -0.1) is 0 Å². The van der Waals surface area contributed by atoms with Crippen LogP contribution in [0, 0.1) is 0 Å². The Morgan fingerprint density at radius 2 is 2.53 bits per heavy atom. The quantitative estimate of drug-likeness (QED) is 0.737. The highest BCUT2D eigenvalue weighted by atomic mass is 16.5. The highest BCUT2D eigenvalue weighted by molar-refractivity contribution is 4.83. The zero-order chi connectivity index (χ0) is 10.3. The highest BCUT2D eigenvalue weighted by Crippen LogP contribution is 2.08. The van der Waals surface area contributed by atoms with Crippen molar-refractivity contribution in [2.45, 2.75) is 25.5 Å². The molecule has 0 saturated carbocycles. The lowest BCUT2D eigenvalue weighted by molar-refractivity contribution is 0.122. The molecule has 0 saturated heterocycles. The second-order valence-corrected chi connectivity index (χ2v) is 3.68. The van der Waals surface area contributed by atoms with E-state index in [9.17, 15) is 0 Å². The zero-order valence-electron chi connectivity index (χ0n) is 8.80. The first kappa shape index (κ1) is 10.2. The number of aromatic nitrogens is 2. The van der Waals surface area contributed by atoms with Gasteiger partial charge in [0.25, 0.3) is 0 Å². The molecule has 82 valence electrons. The molecule has 4 nitrogen and oxygen atoms in total. The Morgan fingerprint density at radius 1 is 1.53 bits per heavy atom. The van der Waals surface area contributed by atoms with E-state index in [1.807, 2.05) is 23.2 Å². The fraction of sp³-hybridized carbons (Fsp3) is 0.545. The molecule has 0 aliphatic carbocycles. The second kappa shape index (κ2) is 5.56. The molecular formula is C11H17N3O. The predicted octanol–water partition coefficient (Wildman–Crippen LogP) is 1.17. The summed E-state index contributed by atoms with van der Waals surface area (Å²) in [5, 5.41) is 7.51. The molecule has 1 aromatic heterocycles. The van der Waals surface area contributed by atoms with Crippen LogP contribution >= 0.6 is 0 Å². The molecule has 4 heteroatoms. The molecular weight excluding hydrogens is 190 g/mol. The molecule has 0 bridgehead atoms. The van der Waals surface area contributed by atoms with E-state index in [0.717, 1.165) is 32.5 Å². The van der Waals surface area contributed by atoms with Crippen molar-refractivity contribution in [1.82, 2.24) is 15.1 Å². The van der Waals surface area contributed by atoms with Crippen LogP contribution < -0.4 is 5.32 Å². The average Bonchev–Trinajstić information content (AvgIpc) is 2.79. The van der Waals surface area contributed by atoms with Crippen molar-refractivity contribution in [2.24, 2.45) is 0 Å². The standard InChI is InChI=1S/C11H17N3O/c1-2-9-15-11(4-1)10-12-6-8-14-7-3-5-13-14/h2-3,5,7,9,11-12H,1,4,6,8,10H2. The van der Waals surface area contributed by atoms with Gasteiger partial charge in [-0.25, -0.2) is 0 Å². The number of nitrogens with one attached hydrogen (secondary N) is 1. The topological polar surface area (TPSA) is 39.1 Å². The summed E-state index contributed by atoms with van der Waals surface area (Å²) >= 11 is 0. The maximum Gasteiger partial charge on any atom is 0.110 e. The van der Waals surface area contributed by atoms with E-state index >= 15 is 0 Å². The van der Waals surface area contributed by atoms with E-state index in [-0.39, 0.29) is 0 Å². The summed E-state index contributed by atoms with van der Waals surface area (Å²) in [7, 11) is 0. The van der Waals surface area contributed by atoms with Crippen LogP contribution in [0.25, 0.3) is 0 Å². The molecule has 1 unspecified atom stereocenters. The van der Waals surface area contributed by atoms with Gasteiger partial charge in [0.15, 0.2) is 0 Å². The van der Waals surface area contributed by atoms with Gasteiger partial charge >= 0.3 is 0 Å². The second-order valence-electron chi connectivity index (χ2n) is 3.68. The highest BCUT2D eigenvalue weighted by Gasteiger charge is 2.09. The van der Waals surface area contributed by atoms with E-state index in [4.69, 9.17) is 4.74 Å². The summed E-state index contributed by atoms with van der Waals surface area (Å²) < 4.78 is 7.37. The lowest BCUT2D eigenvalue weighted by Crippen LogP contribution is -2.31. The molecule has 2 heterocycles. The monoisotopic (exact) mass is 207 g/mol. The van der Waals surface area contributed by atoms with Gasteiger partial charge in [0.05, 0.1) is 12.8 Å². The molecule has 1 aliphatic rings. The molecule has 0 fully saturated rings. The summed E-state index contributed by atoms with van der Waals surface area (Å²) in [6.45, 7) is 2.77. The van der Waals surface area contributed by atoms with Gasteiger partial charge in [-0.1, -0.05) is 0 Å². The molecule has 1 aliphatic heterocycles. The van der Waals surface area contributed by atoms with E-state index in [1.165, 1.54) is 0 Å². The molecule has 15 heavy (non-hydrogen) atoms. The Balaban J connectivity index is 1.57. The third kappa shape index (κ3) is 3.40. The van der Waals surface area contributed by atoms with Gasteiger partial charge in [-0.05, 0) is 25.0 Å². The number of ether oxygens (including phenoxy) is 1. The van der Waals surface area contributed by atoms with Crippen molar-refractivity contribution in [3.63, 3.8) is 0 Å². The van der Waals surface area contributed by atoms with Crippen LogP contribution in [0.2, 0.25) is 0 Å². The number of allylic oxidation sites excluding steroid dienone is 1. The third-order valence-electron chi connectivity index (χ3n) is 2.47. The fourth-order valence-electron chi connectivity index (χ4n) is 1.62. The molecule has 0 spiro atoms. The van der Waals surface area contributed by atoms with Gasteiger partial charge < -0.3 is 10.1 Å². The first-order chi connectivity index (χ1) is 7.45. The van der Waals surface area contributed by atoms with E-state index in [2.05, 4.69) is 16.5 Å². The Labute approximate surface area is 89.9 Å². The number of hydrogen-bond acceptors (Lipinski definition) is 3. The summed E-state index contributed by atoms with van der Waals surface area (Å²) in [5.41, 5.74) is 0. The Morgan fingerprint density at radius 3 is 3.27 bits per heavy atom. The summed E-state index contributed by atoms with van der Waals surface area (Å²) in [6, 6.07) is 1.94. The van der Waals surface area contributed by atoms with Gasteiger partial charge in [0.2, 0.25) is 0 Å². The van der Waals surface area contributed by atoms with Crippen molar-refractivity contribution in [2.75, 3.05) is 13.1 Å². The fourth-order valence-corrected chi connectivity index (χ4v) is 1.62. The summed E-state index contributed by atoms with van der Waals surface area (Å²) in [4.78, 5) is 0. The normalized spacial score (nSPS) is 20.1. The lowest BCUT2D eigenvalue weighted by atomic mass is 10.1. The first-order valence-corrected chi connectivity index (χ1v) is 5.44. The van der Waals surface area contributed by atoms with E-state index < -0.39 is 0 Å². The molecule has 1 N–H and O–H groups in total. The number of rotatable bonds is 5. The van der Waals surface area contributed by atoms with Crippen molar-refractivity contribution >= 4 is 0 Å². The van der Waals surface area contributed by atoms with Gasteiger partial charge in [-0.3, -0.25) is 4.68 Å². The van der Waals surface area contributed by atoms with Gasteiger partial charge in [0, 0.05) is 25.5 Å². The van der Waals surface area contributed by atoms with Crippen LogP contribution in [0.5, 0.6) is 0 Å². The molecule has 2 rings (SSSR count). The smallest absolute Gasteiger partial charge is 0.110 e. The zero-order valence-corrected chi connectivity index (χ0v) is 8.80. The lowest BCUT2D eigenvalue weighted by Gasteiger charge is -2.19. The van der Waals surface area contributed by atoms with Crippen LogP contribution in [-0.4, -0.2) is 29.0 Å². The van der Waals surface area contributed by atoms with Crippen molar-refractivity contribution in [3.8, 4) is 0 Å². The molecule has 0 radical (unpaired) electrons. The van der Waals surface area contributed by atoms with Crippen LogP contribution in [0.3, 0.4) is 0 Å². The average molecular weight is 207 g/mol. The van der Waals surface area contributed by atoms with Crippen LogP contribution in [-0.2, 0) is 11.3 Å². The number of nitrogens with zero attached hydrogens (tertiary/aromatic N) is 2. The van der Waals surface area contributed by atoms with Crippen LogP contribution in [0.4, 0.5) is 0 Å². The Kier molecular flexibility index (Phi) is 3.79. The molecule has 0 aromatic carbocycles. The summed E-state index contributed by atoms with van der Waals surface area (Å²) in [5.74, 6) is 0. The minimum atomic E-state index is 0.340. The molecule has 1 atom stereocenters. The maximum atomic E-state index is 5.45. The number of hydrogen-bond donors (Lipinski definition) is 1. The molecule has 1 aromatic rings. The van der Waals surface area contributed by atoms with E-state index in [1.54, 1.807) is 6.20 Å². The largest absolute Gasteiger partial charge is 0.497 e. The maximum absolute atomic E-state index is 5.45.